The predicted octanol–water partition coefficient (Wildman–Crippen LogP) is -0.0948. The van der Waals surface area contributed by atoms with Crippen LogP contribution < -0.4 is 0 Å². The van der Waals surface area contributed by atoms with E-state index in [2.05, 4.69) is 13.8 Å². The maximum absolute atomic E-state index is 12.5. The van der Waals surface area contributed by atoms with Crippen molar-refractivity contribution >= 4 is 5.97 Å². The Morgan fingerprint density at radius 3 is 2.30 bits per heavy atom. The average molecular weight is 713 g/mol. The summed E-state index contributed by atoms with van der Waals surface area (Å²) in [5.41, 5.74) is -0.841. The van der Waals surface area contributed by atoms with Gasteiger partial charge in [-0.15, -0.1) is 0 Å². The Bertz CT molecular complexity index is 1300. The van der Waals surface area contributed by atoms with Gasteiger partial charge >= 0.3 is 5.97 Å². The molecule has 6 fully saturated rings. The van der Waals surface area contributed by atoms with Gasteiger partial charge in [-0.1, -0.05) is 13.8 Å². The normalized spacial score (nSPS) is 55.1. The number of carbonyl (C=O) groups is 1. The molecule has 0 aromatic carbocycles. The van der Waals surface area contributed by atoms with Gasteiger partial charge in [-0.2, -0.15) is 0 Å². The number of methoxy groups -OCH3 is 1. The van der Waals surface area contributed by atoms with Gasteiger partial charge < -0.3 is 64.2 Å². The SMILES string of the molecule is CO[C@@H]1[C@@H](O)[C@H](O[C@H]2CC[C@@]3(C)[C@H](CC[C@@H]4[C@@H]3CC[C@]3(C)[C@H](C5=CC(=O)OC5)[C@@H](O)C[C@]43O)C2)O[C@H](C)[C@@H]1O[C@@H]1O[C@H](CO)[C@@H](O)[C@H](O)[C@H]1O. The first kappa shape index (κ1) is 37.1. The van der Waals surface area contributed by atoms with Crippen LogP contribution >= 0.6 is 0 Å². The lowest BCUT2D eigenvalue weighted by molar-refractivity contribution is -0.362. The predicted molar refractivity (Wildman–Crippen MR) is 172 cm³/mol. The molecule has 7 N–H and O–H groups in total. The minimum atomic E-state index is -1.61. The molecule has 4 aliphatic carbocycles. The smallest absolute Gasteiger partial charge is 0.331 e. The second-order valence-electron chi connectivity index (χ2n) is 16.7. The first-order valence-corrected chi connectivity index (χ1v) is 18.4. The molecule has 0 aromatic rings. The maximum atomic E-state index is 12.5. The van der Waals surface area contributed by atoms with Crippen LogP contribution in [0.25, 0.3) is 0 Å². The van der Waals surface area contributed by atoms with E-state index in [1.165, 1.54) is 13.2 Å². The Labute approximate surface area is 292 Å². The number of ether oxygens (including phenoxy) is 6. The molecule has 2 saturated heterocycles. The molecule has 0 unspecified atom stereocenters. The van der Waals surface area contributed by atoms with Crippen LogP contribution in [-0.2, 0) is 33.2 Å². The van der Waals surface area contributed by atoms with Crippen molar-refractivity contribution in [2.75, 3.05) is 20.3 Å². The van der Waals surface area contributed by atoms with E-state index in [0.717, 1.165) is 50.5 Å². The summed E-state index contributed by atoms with van der Waals surface area (Å²) in [5.74, 6) is -0.0506. The van der Waals surface area contributed by atoms with Gasteiger partial charge in [0.25, 0.3) is 0 Å². The third-order valence-corrected chi connectivity index (χ3v) is 14.4. The highest BCUT2D eigenvalue weighted by Gasteiger charge is 2.70. The second-order valence-corrected chi connectivity index (χ2v) is 16.7. The zero-order valence-electron chi connectivity index (χ0n) is 29.4. The fourth-order valence-electron chi connectivity index (χ4n) is 11.7. The van der Waals surface area contributed by atoms with Crippen molar-refractivity contribution in [3.05, 3.63) is 11.6 Å². The fourth-order valence-corrected chi connectivity index (χ4v) is 11.7. The number of cyclic esters (lactones) is 1. The molecule has 4 saturated carbocycles. The van der Waals surface area contributed by atoms with E-state index in [4.69, 9.17) is 28.4 Å². The minimum Gasteiger partial charge on any atom is -0.458 e. The van der Waals surface area contributed by atoms with E-state index in [-0.39, 0.29) is 41.8 Å². The van der Waals surface area contributed by atoms with Crippen LogP contribution in [0.15, 0.2) is 11.6 Å². The Morgan fingerprint density at radius 2 is 1.62 bits per heavy atom. The molecular formula is C36H56O14. The largest absolute Gasteiger partial charge is 0.458 e. The Balaban J connectivity index is 1.000. The highest BCUT2D eigenvalue weighted by molar-refractivity contribution is 5.85. The summed E-state index contributed by atoms with van der Waals surface area (Å²) >= 11 is 0. The second kappa shape index (κ2) is 13.5. The number of hydrogen-bond acceptors (Lipinski definition) is 14. The molecular weight excluding hydrogens is 656 g/mol. The average Bonchev–Trinajstić information content (AvgIpc) is 3.59. The number of carbonyl (C=O) groups excluding carboxylic acids is 1. The summed E-state index contributed by atoms with van der Waals surface area (Å²) in [6.07, 6.45) is -5.43. The number of esters is 1. The van der Waals surface area contributed by atoms with Crippen LogP contribution in [-0.4, -0.2) is 141 Å². The molecule has 3 aliphatic heterocycles. The van der Waals surface area contributed by atoms with Gasteiger partial charge in [0.2, 0.25) is 0 Å². The fraction of sp³-hybridized carbons (Fsp3) is 0.917. The highest BCUT2D eigenvalue weighted by Crippen LogP contribution is 2.70. The van der Waals surface area contributed by atoms with Crippen molar-refractivity contribution in [3.63, 3.8) is 0 Å². The Morgan fingerprint density at radius 1 is 0.880 bits per heavy atom. The van der Waals surface area contributed by atoms with Crippen molar-refractivity contribution in [3.8, 4) is 0 Å². The summed E-state index contributed by atoms with van der Waals surface area (Å²) in [6, 6.07) is 0. The van der Waals surface area contributed by atoms with Gasteiger partial charge in [0.1, 0.15) is 49.3 Å². The monoisotopic (exact) mass is 712 g/mol. The van der Waals surface area contributed by atoms with Gasteiger partial charge in [-0.3, -0.25) is 0 Å². The maximum Gasteiger partial charge on any atom is 0.331 e. The van der Waals surface area contributed by atoms with Crippen molar-refractivity contribution in [2.24, 2.45) is 34.5 Å². The lowest BCUT2D eigenvalue weighted by atomic mass is 9.43. The van der Waals surface area contributed by atoms with E-state index < -0.39 is 85.1 Å². The van der Waals surface area contributed by atoms with E-state index in [0.29, 0.717) is 12.3 Å². The van der Waals surface area contributed by atoms with Gasteiger partial charge in [-0.25, -0.2) is 4.79 Å². The molecule has 284 valence electrons. The lowest BCUT2D eigenvalue weighted by Crippen LogP contribution is -2.64. The number of fused-ring (bicyclic) bond motifs is 5. The van der Waals surface area contributed by atoms with E-state index in [1.807, 2.05) is 0 Å². The third kappa shape index (κ3) is 5.72. The molecule has 14 heteroatoms. The van der Waals surface area contributed by atoms with E-state index in [9.17, 15) is 40.5 Å². The number of aliphatic hydroxyl groups excluding tert-OH is 6. The van der Waals surface area contributed by atoms with Gasteiger partial charge in [-0.05, 0) is 80.6 Å². The van der Waals surface area contributed by atoms with E-state index >= 15 is 0 Å². The summed E-state index contributed by atoms with van der Waals surface area (Å²) in [7, 11) is 1.42. The molecule has 7 rings (SSSR count). The Hall–Kier alpha value is -1.27. The molecule has 0 amide bonds. The van der Waals surface area contributed by atoms with Crippen molar-refractivity contribution in [1.82, 2.24) is 0 Å². The summed E-state index contributed by atoms with van der Waals surface area (Å²) < 4.78 is 35.0. The molecule has 0 radical (unpaired) electrons. The van der Waals surface area contributed by atoms with Crippen molar-refractivity contribution < 1.29 is 69.0 Å². The standard InChI is InChI=1S/C36H56O14/c1-16-30(50-32-28(42)27(41)26(40)23(14-37)49-32)31(45-4)29(43)33(47-16)48-19-7-9-34(2)18(12-19)5-6-21-20(34)8-10-35(3)25(17-11-24(39)46-15-17)22(38)13-36(21,35)44/h11,16,18-23,25-33,37-38,40-44H,5-10,12-15H2,1-4H3/t16-,18-,19+,20+,21-,22+,23-,25-,26-,27+,28-,29-,30+,31-,32+,33+,34+,35-,36+/m1/s1. The van der Waals surface area contributed by atoms with Crippen LogP contribution in [0.4, 0.5) is 0 Å². The molecule has 7 aliphatic rings. The molecule has 0 bridgehead atoms. The molecule has 0 spiro atoms. The van der Waals surface area contributed by atoms with Crippen molar-refractivity contribution in [1.29, 1.82) is 0 Å². The van der Waals surface area contributed by atoms with Gasteiger partial charge in [0.05, 0.1) is 30.5 Å². The van der Waals surface area contributed by atoms with Crippen LogP contribution in [0.2, 0.25) is 0 Å². The van der Waals surface area contributed by atoms with Crippen LogP contribution in [0, 0.1) is 34.5 Å². The first-order chi connectivity index (χ1) is 23.7. The highest BCUT2D eigenvalue weighted by atomic mass is 16.7. The zero-order valence-corrected chi connectivity index (χ0v) is 29.4. The molecule has 0 aromatic heterocycles. The topological polar surface area (TPSA) is 214 Å². The first-order valence-electron chi connectivity index (χ1n) is 18.4. The van der Waals surface area contributed by atoms with Crippen molar-refractivity contribution in [2.45, 2.75) is 151 Å². The molecule has 50 heavy (non-hydrogen) atoms. The van der Waals surface area contributed by atoms with Crippen LogP contribution in [0.1, 0.15) is 72.1 Å². The van der Waals surface area contributed by atoms with E-state index in [1.54, 1.807) is 6.92 Å². The third-order valence-electron chi connectivity index (χ3n) is 14.4. The molecule has 3 heterocycles. The summed E-state index contributed by atoms with van der Waals surface area (Å²) in [5, 5.41) is 75.7. The number of rotatable bonds is 7. The quantitative estimate of drug-likeness (QED) is 0.136. The number of aliphatic hydroxyl groups is 7. The van der Waals surface area contributed by atoms with Crippen LogP contribution in [0.3, 0.4) is 0 Å². The summed E-state index contributed by atoms with van der Waals surface area (Å²) in [4.78, 5) is 11.9. The molecule has 19 atom stereocenters. The van der Waals surface area contributed by atoms with Crippen LogP contribution in [0.5, 0.6) is 0 Å². The summed E-state index contributed by atoms with van der Waals surface area (Å²) in [6.45, 7) is 5.74. The van der Waals surface area contributed by atoms with Gasteiger partial charge in [0.15, 0.2) is 12.6 Å². The lowest BCUT2D eigenvalue weighted by Gasteiger charge is -2.63. The Kier molecular flexibility index (Phi) is 10.0. The number of hydrogen-bond donors (Lipinski definition) is 7. The minimum absolute atomic E-state index is 0.0330. The zero-order chi connectivity index (χ0) is 35.9. The van der Waals surface area contributed by atoms with Gasteiger partial charge in [0, 0.05) is 30.9 Å². The molecule has 14 nitrogen and oxygen atoms in total.